The molecule has 4 nitrogen and oxygen atoms in total. The van der Waals surface area contributed by atoms with Crippen molar-refractivity contribution in [3.63, 3.8) is 0 Å². The van der Waals surface area contributed by atoms with Crippen molar-refractivity contribution < 1.29 is 0 Å². The average molecular weight is 383 g/mol. The fourth-order valence-electron chi connectivity index (χ4n) is 5.51. The van der Waals surface area contributed by atoms with Crippen molar-refractivity contribution in [2.75, 3.05) is 0 Å². The van der Waals surface area contributed by atoms with E-state index in [1.807, 2.05) is 26.2 Å². The first-order valence-corrected chi connectivity index (χ1v) is 10.5. The number of benzene rings is 1. The second kappa shape index (κ2) is 6.56. The van der Waals surface area contributed by atoms with Gasteiger partial charge in [-0.3, -0.25) is 9.98 Å². The van der Waals surface area contributed by atoms with Crippen LogP contribution in [0.25, 0.3) is 11.1 Å². The Bertz CT molecular complexity index is 1090. The highest BCUT2D eigenvalue weighted by Crippen LogP contribution is 2.61. The van der Waals surface area contributed by atoms with Crippen LogP contribution in [-0.2, 0) is 12.1 Å². The first kappa shape index (κ1) is 18.1. The van der Waals surface area contributed by atoms with E-state index in [-0.39, 0.29) is 5.41 Å². The van der Waals surface area contributed by atoms with Crippen LogP contribution in [0.1, 0.15) is 62.6 Å². The predicted octanol–water partition coefficient (Wildman–Crippen LogP) is 4.61. The molecular weight excluding hydrogens is 356 g/mol. The van der Waals surface area contributed by atoms with Crippen LogP contribution in [0.3, 0.4) is 0 Å². The molecule has 0 bridgehead atoms. The lowest BCUT2D eigenvalue weighted by Crippen LogP contribution is -2.41. The highest BCUT2D eigenvalue weighted by molar-refractivity contribution is 6.41. The molecule has 5 rings (SSSR count). The van der Waals surface area contributed by atoms with Crippen molar-refractivity contribution in [3.8, 4) is 23.0 Å². The molecule has 1 saturated carbocycles. The summed E-state index contributed by atoms with van der Waals surface area (Å²) in [6.45, 7) is 3.83. The molecule has 1 aliphatic heterocycles. The lowest BCUT2D eigenvalue weighted by atomic mass is 9.66. The fraction of sp³-hybridized carbons (Fsp3) is 0.400. The Morgan fingerprint density at radius 1 is 1.00 bits per heavy atom. The summed E-state index contributed by atoms with van der Waals surface area (Å²) in [4.78, 5) is 14.6. The van der Waals surface area contributed by atoms with E-state index in [1.165, 1.54) is 30.4 Å². The molecule has 0 radical (unpaired) electrons. The van der Waals surface area contributed by atoms with Crippen LogP contribution in [0.2, 0.25) is 0 Å². The number of aromatic nitrogens is 1. The summed E-state index contributed by atoms with van der Waals surface area (Å²) in [6, 6.07) is 8.84. The van der Waals surface area contributed by atoms with Gasteiger partial charge in [0, 0.05) is 34.5 Å². The van der Waals surface area contributed by atoms with Gasteiger partial charge in [0.25, 0.3) is 0 Å². The molecule has 2 heterocycles. The SMILES string of the molecule is CC#Cc1cncc(-c2ccc3c(c2)[C@@]2(N=C(C)C(N)=N2)C2(CCCCC2)C3)c1. The quantitative estimate of drug-likeness (QED) is 0.732. The molecule has 0 unspecified atom stereocenters. The van der Waals surface area contributed by atoms with Crippen LogP contribution < -0.4 is 5.73 Å². The van der Waals surface area contributed by atoms with Crippen molar-refractivity contribution in [2.24, 2.45) is 21.1 Å². The van der Waals surface area contributed by atoms with Crippen molar-refractivity contribution >= 4 is 11.5 Å². The molecule has 2 aliphatic carbocycles. The predicted molar refractivity (Wildman–Crippen MR) is 118 cm³/mol. The standard InChI is InChI=1S/C25H26N4/c1-3-7-18-12-21(16-27-15-18)19-8-9-20-14-24(10-5-4-6-11-24)25(22(20)13-19)28-17(2)23(26)29-25/h8-9,12-13,15-16H,4-6,10-11,14H2,1-2H3,(H2,26,29)/t25-/m0/s1. The molecule has 2 spiro atoms. The maximum atomic E-state index is 6.28. The lowest BCUT2D eigenvalue weighted by molar-refractivity contribution is 0.0933. The zero-order chi connectivity index (χ0) is 20.1. The summed E-state index contributed by atoms with van der Waals surface area (Å²) in [5.74, 6) is 6.65. The number of aliphatic imine (C=N–C) groups is 2. The lowest BCUT2D eigenvalue weighted by Gasteiger charge is -2.42. The van der Waals surface area contributed by atoms with E-state index < -0.39 is 5.66 Å². The third-order valence-corrected chi connectivity index (χ3v) is 6.89. The number of pyridine rings is 1. The summed E-state index contributed by atoms with van der Waals surface area (Å²) in [5, 5.41) is 0. The highest BCUT2D eigenvalue weighted by atomic mass is 15.2. The number of fused-ring (bicyclic) bond motifs is 3. The highest BCUT2D eigenvalue weighted by Gasteiger charge is 2.59. The van der Waals surface area contributed by atoms with Gasteiger partial charge in [0.1, 0.15) is 5.84 Å². The Labute approximate surface area is 172 Å². The fourth-order valence-corrected chi connectivity index (χ4v) is 5.51. The molecule has 4 heteroatoms. The van der Waals surface area contributed by atoms with Crippen molar-refractivity contribution in [1.29, 1.82) is 0 Å². The first-order valence-electron chi connectivity index (χ1n) is 10.5. The second-order valence-electron chi connectivity index (χ2n) is 8.59. The number of hydrogen-bond donors (Lipinski definition) is 1. The molecule has 1 fully saturated rings. The first-order chi connectivity index (χ1) is 14.1. The molecule has 1 atom stereocenters. The zero-order valence-corrected chi connectivity index (χ0v) is 17.1. The Balaban J connectivity index is 1.67. The number of amidine groups is 1. The summed E-state index contributed by atoms with van der Waals surface area (Å²) in [5.41, 5.74) is 12.4. The summed E-state index contributed by atoms with van der Waals surface area (Å²) >= 11 is 0. The van der Waals surface area contributed by atoms with Gasteiger partial charge in [-0.25, -0.2) is 4.99 Å². The number of hydrogen-bond acceptors (Lipinski definition) is 4. The van der Waals surface area contributed by atoms with Crippen molar-refractivity contribution in [2.45, 2.75) is 58.0 Å². The third kappa shape index (κ3) is 2.64. The van der Waals surface area contributed by atoms with Gasteiger partial charge < -0.3 is 5.73 Å². The van der Waals surface area contributed by atoms with Crippen LogP contribution in [0, 0.1) is 17.3 Å². The molecule has 0 saturated heterocycles. The molecule has 1 aromatic heterocycles. The minimum Gasteiger partial charge on any atom is -0.382 e. The van der Waals surface area contributed by atoms with Gasteiger partial charge in [-0.1, -0.05) is 37.3 Å². The minimum absolute atomic E-state index is 0.0579. The molecule has 146 valence electrons. The van der Waals surface area contributed by atoms with E-state index in [0.29, 0.717) is 5.84 Å². The monoisotopic (exact) mass is 382 g/mol. The summed E-state index contributed by atoms with van der Waals surface area (Å²) in [7, 11) is 0. The van der Waals surface area contributed by atoms with Gasteiger partial charge >= 0.3 is 0 Å². The largest absolute Gasteiger partial charge is 0.382 e. The molecule has 0 amide bonds. The number of nitrogens with zero attached hydrogens (tertiary/aromatic N) is 3. The Morgan fingerprint density at radius 3 is 2.55 bits per heavy atom. The number of nitrogens with two attached hydrogens (primary N) is 1. The maximum Gasteiger partial charge on any atom is 0.184 e. The van der Waals surface area contributed by atoms with Gasteiger partial charge in [-0.05, 0) is 56.4 Å². The normalized spacial score (nSPS) is 24.1. The van der Waals surface area contributed by atoms with Crippen LogP contribution in [0.5, 0.6) is 0 Å². The van der Waals surface area contributed by atoms with Gasteiger partial charge in [0.2, 0.25) is 0 Å². The van der Waals surface area contributed by atoms with E-state index in [0.717, 1.165) is 41.7 Å². The third-order valence-electron chi connectivity index (χ3n) is 6.89. The van der Waals surface area contributed by atoms with Gasteiger partial charge in [0.15, 0.2) is 5.66 Å². The molecule has 1 aromatic carbocycles. The Hall–Kier alpha value is -2.93. The topological polar surface area (TPSA) is 63.6 Å². The Kier molecular flexibility index (Phi) is 4.10. The van der Waals surface area contributed by atoms with Crippen LogP contribution >= 0.6 is 0 Å². The van der Waals surface area contributed by atoms with Crippen molar-refractivity contribution in [3.05, 3.63) is 53.3 Å². The van der Waals surface area contributed by atoms with Crippen LogP contribution in [-0.4, -0.2) is 16.5 Å². The zero-order valence-electron chi connectivity index (χ0n) is 17.1. The smallest absolute Gasteiger partial charge is 0.184 e. The average Bonchev–Trinajstić information content (AvgIpc) is 3.17. The van der Waals surface area contributed by atoms with E-state index in [9.17, 15) is 0 Å². The summed E-state index contributed by atoms with van der Waals surface area (Å²) in [6.07, 6.45) is 10.9. The molecule has 2 aromatic rings. The van der Waals surface area contributed by atoms with E-state index >= 15 is 0 Å². The molecule has 29 heavy (non-hydrogen) atoms. The van der Waals surface area contributed by atoms with Crippen molar-refractivity contribution in [1.82, 2.24) is 4.98 Å². The van der Waals surface area contributed by atoms with E-state index in [1.54, 1.807) is 0 Å². The van der Waals surface area contributed by atoms with Gasteiger partial charge in [0.05, 0.1) is 5.71 Å². The molecule has 3 aliphatic rings. The second-order valence-corrected chi connectivity index (χ2v) is 8.59. The van der Waals surface area contributed by atoms with Crippen LogP contribution in [0.15, 0.2) is 46.6 Å². The Morgan fingerprint density at radius 2 is 1.83 bits per heavy atom. The van der Waals surface area contributed by atoms with Crippen LogP contribution in [0.4, 0.5) is 0 Å². The van der Waals surface area contributed by atoms with Gasteiger partial charge in [-0.2, -0.15) is 0 Å². The maximum absolute atomic E-state index is 6.28. The summed E-state index contributed by atoms with van der Waals surface area (Å²) < 4.78 is 0. The number of rotatable bonds is 1. The van der Waals surface area contributed by atoms with E-state index in [4.69, 9.17) is 15.7 Å². The van der Waals surface area contributed by atoms with E-state index in [2.05, 4.69) is 41.1 Å². The molecular formula is C25H26N4. The minimum atomic E-state index is -0.554. The molecule has 2 N–H and O–H groups in total. The van der Waals surface area contributed by atoms with Gasteiger partial charge in [-0.15, -0.1) is 5.92 Å².